The molecular weight excluding hydrogens is 246 g/mol. The first kappa shape index (κ1) is 16.3. The van der Waals surface area contributed by atoms with E-state index in [0.717, 1.165) is 32.7 Å². The first-order valence-corrected chi connectivity index (χ1v) is 7.20. The van der Waals surface area contributed by atoms with E-state index in [1.54, 1.807) is 13.0 Å². The van der Waals surface area contributed by atoms with Crippen LogP contribution in [-0.2, 0) is 0 Å². The van der Waals surface area contributed by atoms with Gasteiger partial charge in [-0.25, -0.2) is 8.78 Å². The average molecular weight is 272 g/mol. The zero-order valence-corrected chi connectivity index (χ0v) is 12.4. The van der Waals surface area contributed by atoms with Crippen LogP contribution >= 0.6 is 0 Å². The number of hydrogen-bond donors (Lipinski definition) is 0. The lowest BCUT2D eigenvalue weighted by Crippen LogP contribution is -2.47. The Balaban J connectivity index is 2.42. The topological polar surface area (TPSA) is 6.48 Å². The maximum absolute atomic E-state index is 13.6. The van der Waals surface area contributed by atoms with E-state index in [1.165, 1.54) is 19.8 Å². The monoisotopic (exact) mass is 272 g/mol. The third-order valence-electron chi connectivity index (χ3n) is 3.62. The molecule has 0 unspecified atom stereocenters. The van der Waals surface area contributed by atoms with E-state index >= 15 is 0 Å². The van der Waals surface area contributed by atoms with Gasteiger partial charge in [-0.1, -0.05) is 19.4 Å². The number of halogens is 2. The van der Waals surface area contributed by atoms with Crippen LogP contribution in [0.2, 0.25) is 0 Å². The molecule has 0 N–H and O–H groups in total. The minimum absolute atomic E-state index is 0.460. The van der Waals surface area contributed by atoms with Crippen molar-refractivity contribution in [3.8, 4) is 0 Å². The molecular formula is C15H26F2N2. The van der Waals surface area contributed by atoms with Gasteiger partial charge in [0.05, 0.1) is 0 Å². The Kier molecular flexibility index (Phi) is 7.24. The summed E-state index contributed by atoms with van der Waals surface area (Å²) < 4.78 is 26.5. The molecule has 110 valence electrons. The second kappa shape index (κ2) is 8.43. The summed E-state index contributed by atoms with van der Waals surface area (Å²) in [6, 6.07) is 0. The van der Waals surface area contributed by atoms with Crippen LogP contribution in [0.5, 0.6) is 0 Å². The van der Waals surface area contributed by atoms with Crippen molar-refractivity contribution < 1.29 is 8.78 Å². The molecule has 4 heteroatoms. The molecule has 1 fully saturated rings. The number of unbranched alkanes of at least 4 members (excludes halogenated alkanes) is 1. The molecule has 0 radical (unpaired) electrons. The summed E-state index contributed by atoms with van der Waals surface area (Å²) in [5.74, 6) is -1.43. The Bertz CT molecular complexity index is 325. The van der Waals surface area contributed by atoms with Crippen molar-refractivity contribution in [2.45, 2.75) is 33.6 Å². The third-order valence-corrected chi connectivity index (χ3v) is 3.62. The fourth-order valence-electron chi connectivity index (χ4n) is 2.30. The van der Waals surface area contributed by atoms with Crippen LogP contribution in [0.3, 0.4) is 0 Å². The molecule has 19 heavy (non-hydrogen) atoms. The van der Waals surface area contributed by atoms with E-state index < -0.39 is 11.7 Å². The van der Waals surface area contributed by atoms with E-state index in [4.69, 9.17) is 0 Å². The van der Waals surface area contributed by atoms with Gasteiger partial charge in [0.25, 0.3) is 0 Å². The van der Waals surface area contributed by atoms with E-state index in [-0.39, 0.29) is 0 Å². The Morgan fingerprint density at radius 1 is 1.11 bits per heavy atom. The van der Waals surface area contributed by atoms with Gasteiger partial charge in [-0.15, -0.1) is 0 Å². The first-order valence-electron chi connectivity index (χ1n) is 7.20. The summed E-state index contributed by atoms with van der Waals surface area (Å²) in [7, 11) is 0. The molecule has 1 aliphatic heterocycles. The van der Waals surface area contributed by atoms with Crippen LogP contribution in [0.4, 0.5) is 8.78 Å². The Morgan fingerprint density at radius 3 is 2.16 bits per heavy atom. The van der Waals surface area contributed by atoms with Gasteiger partial charge in [-0.3, -0.25) is 4.90 Å². The minimum atomic E-state index is -0.727. The van der Waals surface area contributed by atoms with Crippen LogP contribution in [0.1, 0.15) is 33.6 Å². The Hall–Kier alpha value is -0.740. The SMILES string of the molecule is C/C=C(CN1CCN(CCCC)CC1)\C(F)=C(/C)F. The summed E-state index contributed by atoms with van der Waals surface area (Å²) in [4.78, 5) is 4.64. The van der Waals surface area contributed by atoms with Crippen LogP contribution < -0.4 is 0 Å². The normalized spacial score (nSPS) is 20.6. The van der Waals surface area contributed by atoms with Gasteiger partial charge in [0.1, 0.15) is 5.83 Å². The van der Waals surface area contributed by atoms with Crippen molar-refractivity contribution in [2.24, 2.45) is 0 Å². The van der Waals surface area contributed by atoms with Crippen molar-refractivity contribution in [3.05, 3.63) is 23.3 Å². The number of allylic oxidation sites excluding steroid dienone is 2. The standard InChI is InChI=1S/C15H26F2N2/c1-4-6-7-18-8-10-19(11-9-18)12-14(5-2)15(17)13(3)16/h5H,4,6-12H2,1-3H3/b14-5-,15-13-. The average Bonchev–Trinajstić information content (AvgIpc) is 2.43. The molecule has 1 heterocycles. The van der Waals surface area contributed by atoms with Crippen LogP contribution in [0.25, 0.3) is 0 Å². The predicted molar refractivity (Wildman–Crippen MR) is 76.5 cm³/mol. The molecule has 0 aromatic rings. The van der Waals surface area contributed by atoms with Crippen molar-refractivity contribution in [2.75, 3.05) is 39.3 Å². The highest BCUT2D eigenvalue weighted by molar-refractivity contribution is 5.27. The van der Waals surface area contributed by atoms with Gasteiger partial charge < -0.3 is 4.90 Å². The van der Waals surface area contributed by atoms with Crippen molar-refractivity contribution in [1.82, 2.24) is 9.80 Å². The van der Waals surface area contributed by atoms with Gasteiger partial charge in [-0.05, 0) is 26.8 Å². The molecule has 0 saturated carbocycles. The molecule has 1 aliphatic rings. The van der Waals surface area contributed by atoms with Crippen LogP contribution in [0, 0.1) is 0 Å². The molecule has 0 spiro atoms. The van der Waals surface area contributed by atoms with Gasteiger partial charge in [-0.2, -0.15) is 0 Å². The van der Waals surface area contributed by atoms with Gasteiger partial charge in [0.15, 0.2) is 5.83 Å². The smallest absolute Gasteiger partial charge is 0.158 e. The predicted octanol–water partition coefficient (Wildman–Crippen LogP) is 3.52. The lowest BCUT2D eigenvalue weighted by atomic mass is 10.1. The van der Waals surface area contributed by atoms with E-state index in [9.17, 15) is 8.78 Å². The van der Waals surface area contributed by atoms with E-state index in [1.807, 2.05) is 0 Å². The largest absolute Gasteiger partial charge is 0.301 e. The van der Waals surface area contributed by atoms with Gasteiger partial charge in [0.2, 0.25) is 0 Å². The fraction of sp³-hybridized carbons (Fsp3) is 0.733. The summed E-state index contributed by atoms with van der Waals surface area (Å²) >= 11 is 0. The fourth-order valence-corrected chi connectivity index (χ4v) is 2.30. The van der Waals surface area contributed by atoms with E-state index in [0.29, 0.717) is 12.1 Å². The van der Waals surface area contributed by atoms with Crippen molar-refractivity contribution >= 4 is 0 Å². The summed E-state index contributed by atoms with van der Waals surface area (Å²) in [6.07, 6.45) is 4.12. The minimum Gasteiger partial charge on any atom is -0.301 e. The molecule has 1 saturated heterocycles. The first-order chi connectivity index (χ1) is 9.08. The summed E-state index contributed by atoms with van der Waals surface area (Å²) in [6.45, 7) is 10.7. The number of nitrogens with zero attached hydrogens (tertiary/aromatic N) is 2. The second-order valence-corrected chi connectivity index (χ2v) is 5.13. The molecule has 0 aromatic carbocycles. The molecule has 2 nitrogen and oxygen atoms in total. The maximum Gasteiger partial charge on any atom is 0.158 e. The number of hydrogen-bond acceptors (Lipinski definition) is 2. The highest BCUT2D eigenvalue weighted by Crippen LogP contribution is 2.19. The summed E-state index contributed by atoms with van der Waals surface area (Å²) in [5.41, 5.74) is 0.460. The van der Waals surface area contributed by atoms with Crippen LogP contribution in [0.15, 0.2) is 23.3 Å². The zero-order valence-electron chi connectivity index (χ0n) is 12.4. The molecule has 0 aliphatic carbocycles. The summed E-state index contributed by atoms with van der Waals surface area (Å²) in [5, 5.41) is 0. The maximum atomic E-state index is 13.6. The zero-order chi connectivity index (χ0) is 14.3. The number of rotatable bonds is 6. The molecule has 0 bridgehead atoms. The highest BCUT2D eigenvalue weighted by atomic mass is 19.2. The molecule has 1 rings (SSSR count). The van der Waals surface area contributed by atoms with Gasteiger partial charge >= 0.3 is 0 Å². The van der Waals surface area contributed by atoms with E-state index in [2.05, 4.69) is 16.7 Å². The van der Waals surface area contributed by atoms with Crippen LogP contribution in [-0.4, -0.2) is 49.1 Å². The highest BCUT2D eigenvalue weighted by Gasteiger charge is 2.18. The Labute approximate surface area is 115 Å². The molecule has 0 atom stereocenters. The quantitative estimate of drug-likeness (QED) is 0.683. The van der Waals surface area contributed by atoms with Crippen molar-refractivity contribution in [3.63, 3.8) is 0 Å². The molecule has 0 amide bonds. The lowest BCUT2D eigenvalue weighted by molar-refractivity contribution is 0.139. The van der Waals surface area contributed by atoms with Crippen molar-refractivity contribution in [1.29, 1.82) is 0 Å². The van der Waals surface area contributed by atoms with Gasteiger partial charge in [0, 0.05) is 38.3 Å². The second-order valence-electron chi connectivity index (χ2n) is 5.13. The third kappa shape index (κ3) is 5.41. The number of piperazine rings is 1. The molecule has 0 aromatic heterocycles. The Morgan fingerprint density at radius 2 is 1.68 bits per heavy atom. The lowest BCUT2D eigenvalue weighted by Gasteiger charge is -2.35.